The molecule has 0 spiro atoms. The fourth-order valence-electron chi connectivity index (χ4n) is 2.87. The Labute approximate surface area is 152 Å². The number of sulfonamides is 1. The number of aryl methyl sites for hydroxylation is 2. The fraction of sp³-hybridized carbons (Fsp3) is 0.412. The molecule has 2 heterocycles. The van der Waals surface area contributed by atoms with Crippen molar-refractivity contribution in [3.8, 4) is 6.01 Å². The lowest BCUT2D eigenvalue weighted by Crippen LogP contribution is -2.44. The Morgan fingerprint density at radius 3 is 2.44 bits per heavy atom. The predicted molar refractivity (Wildman–Crippen MR) is 95.4 cm³/mol. The zero-order chi connectivity index (χ0) is 18.0. The third kappa shape index (κ3) is 4.29. The van der Waals surface area contributed by atoms with Gasteiger partial charge in [-0.2, -0.15) is 4.31 Å². The highest BCUT2D eigenvalue weighted by Gasteiger charge is 2.31. The first-order chi connectivity index (χ1) is 11.8. The molecule has 1 unspecified atom stereocenters. The van der Waals surface area contributed by atoms with Crippen molar-refractivity contribution in [3.63, 3.8) is 0 Å². The molecule has 0 bridgehead atoms. The van der Waals surface area contributed by atoms with E-state index < -0.39 is 10.0 Å². The average molecular weight is 382 g/mol. The molecular formula is C17H20ClN3O3S. The van der Waals surface area contributed by atoms with Gasteiger partial charge in [0.1, 0.15) is 6.10 Å². The van der Waals surface area contributed by atoms with Gasteiger partial charge < -0.3 is 4.74 Å². The molecule has 1 saturated heterocycles. The van der Waals surface area contributed by atoms with Crippen LogP contribution in [-0.2, 0) is 10.0 Å². The lowest BCUT2D eigenvalue weighted by atomic mass is 10.1. The highest BCUT2D eigenvalue weighted by molar-refractivity contribution is 7.89. The van der Waals surface area contributed by atoms with E-state index in [0.717, 1.165) is 24.2 Å². The van der Waals surface area contributed by atoms with Gasteiger partial charge in [0.05, 0.1) is 11.4 Å². The number of benzene rings is 1. The molecule has 0 N–H and O–H groups in total. The van der Waals surface area contributed by atoms with Crippen molar-refractivity contribution in [2.24, 2.45) is 0 Å². The molecule has 1 aliphatic heterocycles. The number of aromatic nitrogens is 2. The van der Waals surface area contributed by atoms with Crippen molar-refractivity contribution in [2.45, 2.75) is 37.7 Å². The number of ether oxygens (including phenoxy) is 1. The fourth-order valence-corrected chi connectivity index (χ4v) is 4.51. The number of hydrogen-bond acceptors (Lipinski definition) is 5. The van der Waals surface area contributed by atoms with E-state index in [1.54, 1.807) is 12.1 Å². The molecule has 1 fully saturated rings. The number of nitrogens with zero attached hydrogens (tertiary/aromatic N) is 3. The Kier molecular flexibility index (Phi) is 5.27. The Balaban J connectivity index is 1.75. The lowest BCUT2D eigenvalue weighted by molar-refractivity contribution is 0.119. The third-order valence-corrected chi connectivity index (χ3v) is 6.16. The van der Waals surface area contributed by atoms with E-state index in [-0.39, 0.29) is 17.5 Å². The van der Waals surface area contributed by atoms with Crippen molar-refractivity contribution < 1.29 is 13.2 Å². The van der Waals surface area contributed by atoms with Gasteiger partial charge in [-0.05, 0) is 57.0 Å². The molecule has 1 aliphatic rings. The number of hydrogen-bond donors (Lipinski definition) is 0. The summed E-state index contributed by atoms with van der Waals surface area (Å²) in [5, 5.41) is 0.505. The molecular weight excluding hydrogens is 362 g/mol. The topological polar surface area (TPSA) is 72.4 Å². The molecule has 0 amide bonds. The van der Waals surface area contributed by atoms with Gasteiger partial charge in [-0.15, -0.1) is 0 Å². The van der Waals surface area contributed by atoms with Gasteiger partial charge in [0.15, 0.2) is 0 Å². The standard InChI is InChI=1S/C17H20ClN3O3S/c1-12-10-13(2)20-17(19-12)24-15-4-3-9-21(11-15)25(22,23)16-7-5-14(18)6-8-16/h5-8,10,15H,3-4,9,11H2,1-2H3. The van der Waals surface area contributed by atoms with Crippen LogP contribution in [0, 0.1) is 13.8 Å². The van der Waals surface area contributed by atoms with Gasteiger partial charge in [0.25, 0.3) is 0 Å². The first-order valence-corrected chi connectivity index (χ1v) is 9.91. The summed E-state index contributed by atoms with van der Waals surface area (Å²) < 4.78 is 32.9. The third-order valence-electron chi connectivity index (χ3n) is 4.03. The SMILES string of the molecule is Cc1cc(C)nc(OC2CCCN(S(=O)(=O)c3ccc(Cl)cc3)C2)n1. The van der Waals surface area contributed by atoms with Crippen molar-refractivity contribution in [3.05, 3.63) is 46.7 Å². The van der Waals surface area contributed by atoms with Gasteiger partial charge in [-0.1, -0.05) is 11.6 Å². The van der Waals surface area contributed by atoms with E-state index in [2.05, 4.69) is 9.97 Å². The Morgan fingerprint density at radius 1 is 1.16 bits per heavy atom. The van der Waals surface area contributed by atoms with E-state index in [0.29, 0.717) is 17.6 Å². The molecule has 134 valence electrons. The van der Waals surface area contributed by atoms with Gasteiger partial charge >= 0.3 is 6.01 Å². The quantitative estimate of drug-likeness (QED) is 0.814. The molecule has 1 aromatic carbocycles. The minimum absolute atomic E-state index is 0.236. The summed E-state index contributed by atoms with van der Waals surface area (Å²) in [6, 6.07) is 8.37. The van der Waals surface area contributed by atoms with Crippen molar-refractivity contribution >= 4 is 21.6 Å². The molecule has 1 aromatic heterocycles. The van der Waals surface area contributed by atoms with Crippen LogP contribution < -0.4 is 4.74 Å². The largest absolute Gasteiger partial charge is 0.459 e. The van der Waals surface area contributed by atoms with Crippen molar-refractivity contribution in [2.75, 3.05) is 13.1 Å². The second kappa shape index (κ2) is 7.27. The van der Waals surface area contributed by atoms with E-state index in [9.17, 15) is 8.42 Å². The van der Waals surface area contributed by atoms with Crippen LogP contribution in [0.1, 0.15) is 24.2 Å². The normalized spacial score (nSPS) is 18.9. The molecule has 0 aliphatic carbocycles. The van der Waals surface area contributed by atoms with Crippen LogP contribution in [0.15, 0.2) is 35.2 Å². The molecule has 0 saturated carbocycles. The van der Waals surface area contributed by atoms with Crippen LogP contribution in [0.4, 0.5) is 0 Å². The summed E-state index contributed by atoms with van der Waals surface area (Å²) >= 11 is 5.84. The summed E-state index contributed by atoms with van der Waals surface area (Å²) in [6.45, 7) is 4.50. The van der Waals surface area contributed by atoms with E-state index in [4.69, 9.17) is 16.3 Å². The van der Waals surface area contributed by atoms with Crippen LogP contribution in [-0.4, -0.2) is 41.9 Å². The average Bonchev–Trinajstić information content (AvgIpc) is 2.54. The highest BCUT2D eigenvalue weighted by atomic mass is 35.5. The second-order valence-electron chi connectivity index (χ2n) is 6.13. The Hall–Kier alpha value is -1.70. The summed E-state index contributed by atoms with van der Waals surface area (Å²) in [4.78, 5) is 8.77. The number of piperidine rings is 1. The predicted octanol–water partition coefficient (Wildman–Crippen LogP) is 2.98. The molecule has 25 heavy (non-hydrogen) atoms. The Morgan fingerprint density at radius 2 is 1.80 bits per heavy atom. The van der Waals surface area contributed by atoms with Crippen LogP contribution >= 0.6 is 11.6 Å². The zero-order valence-corrected chi connectivity index (χ0v) is 15.7. The van der Waals surface area contributed by atoms with Crippen LogP contribution in [0.2, 0.25) is 5.02 Å². The maximum Gasteiger partial charge on any atom is 0.317 e. The molecule has 3 rings (SSSR count). The summed E-state index contributed by atoms with van der Waals surface area (Å²) in [5.74, 6) is 0. The van der Waals surface area contributed by atoms with Gasteiger partial charge in [-0.25, -0.2) is 18.4 Å². The van der Waals surface area contributed by atoms with Crippen LogP contribution in [0.3, 0.4) is 0 Å². The molecule has 6 nitrogen and oxygen atoms in total. The molecule has 1 atom stereocenters. The molecule has 0 radical (unpaired) electrons. The lowest BCUT2D eigenvalue weighted by Gasteiger charge is -2.31. The smallest absolute Gasteiger partial charge is 0.317 e. The minimum atomic E-state index is -3.57. The Bertz CT molecular complexity index is 836. The summed E-state index contributed by atoms with van der Waals surface area (Å²) in [5.41, 5.74) is 1.65. The zero-order valence-electron chi connectivity index (χ0n) is 14.1. The van der Waals surface area contributed by atoms with Crippen molar-refractivity contribution in [1.29, 1.82) is 0 Å². The van der Waals surface area contributed by atoms with Gasteiger partial charge in [-0.3, -0.25) is 0 Å². The maximum absolute atomic E-state index is 12.8. The van der Waals surface area contributed by atoms with Crippen molar-refractivity contribution in [1.82, 2.24) is 14.3 Å². The first-order valence-electron chi connectivity index (χ1n) is 8.09. The van der Waals surface area contributed by atoms with E-state index >= 15 is 0 Å². The summed E-state index contributed by atoms with van der Waals surface area (Å²) in [7, 11) is -3.57. The van der Waals surface area contributed by atoms with Gasteiger partial charge in [0.2, 0.25) is 10.0 Å². The maximum atomic E-state index is 12.8. The highest BCUT2D eigenvalue weighted by Crippen LogP contribution is 2.24. The molecule has 8 heteroatoms. The van der Waals surface area contributed by atoms with Crippen LogP contribution in [0.5, 0.6) is 6.01 Å². The van der Waals surface area contributed by atoms with Gasteiger partial charge in [0, 0.05) is 23.0 Å². The van der Waals surface area contributed by atoms with Crippen LogP contribution in [0.25, 0.3) is 0 Å². The number of rotatable bonds is 4. The molecule has 2 aromatic rings. The van der Waals surface area contributed by atoms with E-state index in [1.807, 2.05) is 19.9 Å². The second-order valence-corrected chi connectivity index (χ2v) is 8.51. The minimum Gasteiger partial charge on any atom is -0.459 e. The summed E-state index contributed by atoms with van der Waals surface area (Å²) in [6.07, 6.45) is 1.22. The monoisotopic (exact) mass is 381 g/mol. The van der Waals surface area contributed by atoms with E-state index in [1.165, 1.54) is 16.4 Å². The number of halogens is 1. The first kappa shape index (κ1) is 18.1.